The Morgan fingerprint density at radius 2 is 2.03 bits per heavy atom. The maximum Gasteiger partial charge on any atom is 0.223 e. The second-order valence-corrected chi connectivity index (χ2v) is 11.0. The SMILES string of the molecule is COc1cnc2[nH]cc(C(C)CC(=O)N3C4CC5CC3CC(C)(C5)C4)c2c1C1CC1. The third-order valence-electron chi connectivity index (χ3n) is 8.48. The highest BCUT2D eigenvalue weighted by Crippen LogP contribution is 2.56. The van der Waals surface area contributed by atoms with Gasteiger partial charge in [-0.3, -0.25) is 4.79 Å². The van der Waals surface area contributed by atoms with E-state index in [2.05, 4.69) is 34.9 Å². The van der Waals surface area contributed by atoms with Crippen molar-refractivity contribution in [2.75, 3.05) is 7.11 Å². The summed E-state index contributed by atoms with van der Waals surface area (Å²) in [6.07, 6.45) is 13.2. The van der Waals surface area contributed by atoms with E-state index in [9.17, 15) is 4.79 Å². The second kappa shape index (κ2) is 6.48. The van der Waals surface area contributed by atoms with Gasteiger partial charge in [-0.2, -0.15) is 0 Å². The number of pyridine rings is 1. The summed E-state index contributed by atoms with van der Waals surface area (Å²) in [4.78, 5) is 23.8. The average molecular weight is 408 g/mol. The number of piperidine rings is 2. The molecule has 2 aromatic rings. The molecule has 3 aliphatic carbocycles. The average Bonchev–Trinajstić information content (AvgIpc) is 3.43. The van der Waals surface area contributed by atoms with Gasteiger partial charge in [-0.25, -0.2) is 4.98 Å². The molecule has 30 heavy (non-hydrogen) atoms. The van der Waals surface area contributed by atoms with Crippen molar-refractivity contribution in [2.45, 2.75) is 89.1 Å². The van der Waals surface area contributed by atoms with E-state index in [-0.39, 0.29) is 5.92 Å². The minimum absolute atomic E-state index is 0.172. The van der Waals surface area contributed by atoms with Gasteiger partial charge in [-0.05, 0) is 73.7 Å². The topological polar surface area (TPSA) is 58.2 Å². The Bertz CT molecular complexity index is 991. The number of amides is 1. The lowest BCUT2D eigenvalue weighted by molar-refractivity contribution is -0.156. The van der Waals surface area contributed by atoms with Crippen LogP contribution >= 0.6 is 0 Å². The third-order valence-corrected chi connectivity index (χ3v) is 8.48. The van der Waals surface area contributed by atoms with E-state index in [4.69, 9.17) is 4.74 Å². The van der Waals surface area contributed by atoms with Crippen molar-refractivity contribution in [1.29, 1.82) is 0 Å². The van der Waals surface area contributed by atoms with E-state index in [1.807, 2.05) is 6.20 Å². The van der Waals surface area contributed by atoms with Crippen molar-refractivity contribution in [1.82, 2.24) is 14.9 Å². The van der Waals surface area contributed by atoms with Crippen molar-refractivity contribution in [3.63, 3.8) is 0 Å². The quantitative estimate of drug-likeness (QED) is 0.748. The van der Waals surface area contributed by atoms with E-state index < -0.39 is 0 Å². The number of hydrogen-bond acceptors (Lipinski definition) is 3. The van der Waals surface area contributed by atoms with Gasteiger partial charge in [0.05, 0.1) is 13.3 Å². The predicted molar refractivity (Wildman–Crippen MR) is 117 cm³/mol. The first-order valence-electron chi connectivity index (χ1n) is 11.8. The summed E-state index contributed by atoms with van der Waals surface area (Å²) in [6, 6.07) is 0.959. The first-order valence-corrected chi connectivity index (χ1v) is 11.8. The molecule has 4 bridgehead atoms. The Hall–Kier alpha value is -2.04. The molecule has 5 heteroatoms. The molecule has 3 atom stereocenters. The first-order chi connectivity index (χ1) is 14.5. The number of rotatable bonds is 5. The van der Waals surface area contributed by atoms with E-state index in [0.29, 0.717) is 35.7 Å². The normalized spacial score (nSPS) is 33.3. The van der Waals surface area contributed by atoms with Gasteiger partial charge < -0.3 is 14.6 Å². The molecule has 1 amide bonds. The Labute approximate surface area is 178 Å². The maximum absolute atomic E-state index is 13.5. The predicted octanol–water partition coefficient (Wildman–Crippen LogP) is 5.12. The number of fused-ring (bicyclic) bond motifs is 1. The Morgan fingerprint density at radius 1 is 1.30 bits per heavy atom. The summed E-state index contributed by atoms with van der Waals surface area (Å²) in [5.74, 6) is 2.84. The first kappa shape index (κ1) is 18.7. The Balaban J connectivity index is 1.28. The number of hydrogen-bond donors (Lipinski definition) is 1. The van der Waals surface area contributed by atoms with Crippen molar-refractivity contribution >= 4 is 16.9 Å². The van der Waals surface area contributed by atoms with Crippen LogP contribution in [-0.2, 0) is 4.79 Å². The number of ether oxygens (including phenoxy) is 1. The van der Waals surface area contributed by atoms with E-state index >= 15 is 0 Å². The lowest BCUT2D eigenvalue weighted by Gasteiger charge is -2.61. The smallest absolute Gasteiger partial charge is 0.223 e. The zero-order chi connectivity index (χ0) is 20.6. The van der Waals surface area contributed by atoms with Gasteiger partial charge in [0.25, 0.3) is 0 Å². The zero-order valence-electron chi connectivity index (χ0n) is 18.4. The van der Waals surface area contributed by atoms with Crippen LogP contribution in [0, 0.1) is 11.3 Å². The fourth-order valence-electron chi connectivity index (χ4n) is 7.35. The molecule has 160 valence electrons. The molecule has 7 rings (SSSR count). The fraction of sp³-hybridized carbons (Fsp3) is 0.680. The van der Waals surface area contributed by atoms with Crippen LogP contribution in [0.1, 0.15) is 88.2 Å². The van der Waals surface area contributed by atoms with Crippen LogP contribution in [0.2, 0.25) is 0 Å². The Kier molecular flexibility index (Phi) is 4.04. The van der Waals surface area contributed by atoms with Crippen molar-refractivity contribution in [3.05, 3.63) is 23.5 Å². The third kappa shape index (κ3) is 2.80. The minimum atomic E-state index is 0.172. The van der Waals surface area contributed by atoms with Gasteiger partial charge in [0, 0.05) is 35.7 Å². The number of methoxy groups -OCH3 is 1. The van der Waals surface area contributed by atoms with E-state index in [0.717, 1.165) is 17.3 Å². The van der Waals surface area contributed by atoms with Gasteiger partial charge in [-0.15, -0.1) is 0 Å². The molecule has 3 unspecified atom stereocenters. The summed E-state index contributed by atoms with van der Waals surface area (Å²) in [5.41, 5.74) is 3.93. The van der Waals surface area contributed by atoms with E-state index in [1.54, 1.807) is 7.11 Å². The number of aromatic amines is 1. The number of carbonyl (C=O) groups is 1. The molecular formula is C25H33N3O2. The highest BCUT2D eigenvalue weighted by molar-refractivity contribution is 5.88. The second-order valence-electron chi connectivity index (χ2n) is 11.0. The summed E-state index contributed by atoms with van der Waals surface area (Å²) >= 11 is 0. The van der Waals surface area contributed by atoms with Crippen LogP contribution in [0.15, 0.2) is 12.4 Å². The van der Waals surface area contributed by atoms with Crippen LogP contribution in [-0.4, -0.2) is 40.0 Å². The van der Waals surface area contributed by atoms with Crippen LogP contribution in [0.25, 0.3) is 11.0 Å². The van der Waals surface area contributed by atoms with Crippen LogP contribution in [0.4, 0.5) is 0 Å². The van der Waals surface area contributed by atoms with Crippen molar-refractivity contribution in [2.24, 2.45) is 11.3 Å². The summed E-state index contributed by atoms with van der Waals surface area (Å²) in [5, 5.41) is 1.20. The number of nitrogens with one attached hydrogen (secondary N) is 1. The van der Waals surface area contributed by atoms with Gasteiger partial charge in [-0.1, -0.05) is 13.8 Å². The number of H-pyrrole nitrogens is 1. The fourth-order valence-corrected chi connectivity index (χ4v) is 7.35. The largest absolute Gasteiger partial charge is 0.495 e. The van der Waals surface area contributed by atoms with Crippen molar-refractivity contribution < 1.29 is 9.53 Å². The van der Waals surface area contributed by atoms with Gasteiger partial charge in [0.1, 0.15) is 11.4 Å². The highest BCUT2D eigenvalue weighted by atomic mass is 16.5. The maximum atomic E-state index is 13.5. The number of carbonyl (C=O) groups excluding carboxylic acids is 1. The molecule has 0 aromatic carbocycles. The van der Waals surface area contributed by atoms with E-state index in [1.165, 1.54) is 61.5 Å². The monoisotopic (exact) mass is 407 g/mol. The highest BCUT2D eigenvalue weighted by Gasteiger charge is 2.53. The van der Waals surface area contributed by atoms with Crippen LogP contribution in [0.5, 0.6) is 5.75 Å². The molecule has 5 fully saturated rings. The molecule has 2 saturated heterocycles. The summed E-state index contributed by atoms with van der Waals surface area (Å²) in [7, 11) is 1.73. The summed E-state index contributed by atoms with van der Waals surface area (Å²) < 4.78 is 5.66. The molecule has 0 spiro atoms. The lowest BCUT2D eigenvalue weighted by atomic mass is 9.56. The number of nitrogens with zero attached hydrogens (tertiary/aromatic N) is 2. The molecular weight excluding hydrogens is 374 g/mol. The minimum Gasteiger partial charge on any atom is -0.495 e. The Morgan fingerprint density at radius 3 is 2.67 bits per heavy atom. The number of aromatic nitrogens is 2. The molecule has 3 saturated carbocycles. The summed E-state index contributed by atoms with van der Waals surface area (Å²) in [6.45, 7) is 4.66. The zero-order valence-corrected chi connectivity index (χ0v) is 18.4. The standard InChI is InChI=1S/C25H33N3O2/c1-14(6-21(29)28-17-7-15-8-18(28)11-25(2,9-15)10-17)19-12-26-24-23(19)22(16-4-5-16)20(30-3)13-27-24/h12-18H,4-11H2,1-3H3,(H,26,27). The molecule has 1 N–H and O–H groups in total. The molecule has 5 aliphatic rings. The van der Waals surface area contributed by atoms with Crippen LogP contribution in [0.3, 0.4) is 0 Å². The van der Waals surface area contributed by atoms with Gasteiger partial charge >= 0.3 is 0 Å². The van der Waals surface area contributed by atoms with Crippen LogP contribution < -0.4 is 4.74 Å². The lowest BCUT2D eigenvalue weighted by Crippen LogP contribution is -2.62. The molecule has 2 aliphatic heterocycles. The molecule has 5 nitrogen and oxygen atoms in total. The van der Waals surface area contributed by atoms with Gasteiger partial charge in [0.15, 0.2) is 0 Å². The molecule has 0 radical (unpaired) electrons. The van der Waals surface area contributed by atoms with Gasteiger partial charge in [0.2, 0.25) is 5.91 Å². The molecule has 4 heterocycles. The molecule has 2 aromatic heterocycles. The van der Waals surface area contributed by atoms with Crippen molar-refractivity contribution in [3.8, 4) is 5.75 Å².